The molecular formula is C17H27FN2O. The molecule has 1 atom stereocenters. The van der Waals surface area contributed by atoms with E-state index in [9.17, 15) is 4.39 Å². The molecule has 0 amide bonds. The highest BCUT2D eigenvalue weighted by Crippen LogP contribution is 2.22. The lowest BCUT2D eigenvalue weighted by Crippen LogP contribution is -2.32. The molecule has 1 aliphatic heterocycles. The van der Waals surface area contributed by atoms with E-state index in [1.807, 2.05) is 6.07 Å². The summed E-state index contributed by atoms with van der Waals surface area (Å²) in [6.45, 7) is 5.49. The van der Waals surface area contributed by atoms with Crippen molar-refractivity contribution < 1.29 is 9.13 Å². The number of halogens is 1. The van der Waals surface area contributed by atoms with Crippen molar-refractivity contribution in [3.8, 4) is 5.75 Å². The fraction of sp³-hybridized carbons (Fsp3) is 0.647. The lowest BCUT2D eigenvalue weighted by atomic mass is 9.93. The van der Waals surface area contributed by atoms with Crippen molar-refractivity contribution in [3.05, 3.63) is 29.6 Å². The Morgan fingerprint density at radius 2 is 2.10 bits per heavy atom. The first kappa shape index (κ1) is 16.2. The molecule has 0 aliphatic carbocycles. The van der Waals surface area contributed by atoms with E-state index in [4.69, 9.17) is 4.74 Å². The predicted octanol–water partition coefficient (Wildman–Crippen LogP) is 3.22. The van der Waals surface area contributed by atoms with Gasteiger partial charge in [-0.25, -0.2) is 4.39 Å². The van der Waals surface area contributed by atoms with Crippen molar-refractivity contribution in [2.75, 3.05) is 33.8 Å². The topological polar surface area (TPSA) is 24.5 Å². The number of piperidine rings is 1. The molecule has 0 aromatic heterocycles. The number of benzene rings is 1. The van der Waals surface area contributed by atoms with E-state index in [0.717, 1.165) is 18.0 Å². The predicted molar refractivity (Wildman–Crippen MR) is 84.2 cm³/mol. The van der Waals surface area contributed by atoms with Crippen LogP contribution in [0.2, 0.25) is 0 Å². The Bertz CT molecular complexity index is 444. The second kappa shape index (κ2) is 7.76. The minimum Gasteiger partial charge on any atom is -0.494 e. The van der Waals surface area contributed by atoms with Crippen LogP contribution in [0, 0.1) is 11.7 Å². The summed E-state index contributed by atoms with van der Waals surface area (Å²) < 4.78 is 18.7. The summed E-state index contributed by atoms with van der Waals surface area (Å²) in [6, 6.07) is 5.35. The normalized spacial score (nSPS) is 18.7. The first-order valence-corrected chi connectivity index (χ1v) is 7.85. The van der Waals surface area contributed by atoms with Crippen molar-refractivity contribution in [1.82, 2.24) is 10.2 Å². The van der Waals surface area contributed by atoms with Gasteiger partial charge in [-0.2, -0.15) is 0 Å². The summed E-state index contributed by atoms with van der Waals surface area (Å²) >= 11 is 0. The van der Waals surface area contributed by atoms with Gasteiger partial charge in [-0.3, -0.25) is 0 Å². The molecule has 0 radical (unpaired) electrons. The molecule has 1 N–H and O–H groups in total. The third kappa shape index (κ3) is 4.68. The van der Waals surface area contributed by atoms with Gasteiger partial charge in [-0.05, 0) is 76.5 Å². The molecule has 1 unspecified atom stereocenters. The van der Waals surface area contributed by atoms with Crippen LogP contribution in [0.25, 0.3) is 0 Å². The van der Waals surface area contributed by atoms with Gasteiger partial charge in [0.25, 0.3) is 0 Å². The second-order valence-corrected chi connectivity index (χ2v) is 6.11. The Morgan fingerprint density at radius 1 is 1.38 bits per heavy atom. The van der Waals surface area contributed by atoms with Gasteiger partial charge >= 0.3 is 0 Å². The highest BCUT2D eigenvalue weighted by molar-refractivity contribution is 5.30. The van der Waals surface area contributed by atoms with E-state index in [2.05, 4.69) is 24.2 Å². The van der Waals surface area contributed by atoms with E-state index in [1.165, 1.54) is 39.5 Å². The molecule has 118 valence electrons. The van der Waals surface area contributed by atoms with Crippen molar-refractivity contribution >= 4 is 0 Å². The standard InChI is InChI=1S/C17H27FN2O/c1-13(15-4-5-17(21-3)16(18)12-15)19-9-6-14-7-10-20(2)11-8-14/h4-5,12-14,19H,6-11H2,1-3H3. The molecule has 1 aromatic carbocycles. The Balaban J connectivity index is 1.76. The minimum absolute atomic E-state index is 0.164. The number of methoxy groups -OCH3 is 1. The largest absolute Gasteiger partial charge is 0.494 e. The van der Waals surface area contributed by atoms with E-state index in [-0.39, 0.29) is 11.9 Å². The molecule has 1 heterocycles. The quantitative estimate of drug-likeness (QED) is 0.872. The lowest BCUT2D eigenvalue weighted by molar-refractivity contribution is 0.211. The highest BCUT2D eigenvalue weighted by Gasteiger charge is 2.16. The minimum atomic E-state index is -0.293. The zero-order valence-electron chi connectivity index (χ0n) is 13.4. The molecular weight excluding hydrogens is 267 g/mol. The van der Waals surface area contributed by atoms with Crippen LogP contribution in [0.15, 0.2) is 18.2 Å². The molecule has 1 aliphatic rings. The van der Waals surface area contributed by atoms with Crippen LogP contribution in [0.4, 0.5) is 4.39 Å². The third-order valence-electron chi connectivity index (χ3n) is 4.52. The molecule has 0 saturated carbocycles. The van der Waals surface area contributed by atoms with Gasteiger partial charge in [0.05, 0.1) is 7.11 Å². The molecule has 0 bridgehead atoms. The number of nitrogens with one attached hydrogen (secondary N) is 1. The van der Waals surface area contributed by atoms with Gasteiger partial charge < -0.3 is 15.0 Å². The van der Waals surface area contributed by atoms with Crippen LogP contribution in [-0.4, -0.2) is 38.7 Å². The summed E-state index contributed by atoms with van der Waals surface area (Å²) in [5.41, 5.74) is 0.969. The molecule has 4 heteroatoms. The molecule has 1 aromatic rings. The van der Waals surface area contributed by atoms with Crippen molar-refractivity contribution in [1.29, 1.82) is 0 Å². The lowest BCUT2D eigenvalue weighted by Gasteiger charge is -2.29. The van der Waals surface area contributed by atoms with E-state index in [1.54, 1.807) is 12.1 Å². The number of nitrogens with zero attached hydrogens (tertiary/aromatic N) is 1. The van der Waals surface area contributed by atoms with Crippen LogP contribution in [0.3, 0.4) is 0 Å². The summed E-state index contributed by atoms with van der Waals surface area (Å²) in [6.07, 6.45) is 3.80. The van der Waals surface area contributed by atoms with Crippen LogP contribution in [0.5, 0.6) is 5.75 Å². The zero-order valence-corrected chi connectivity index (χ0v) is 13.4. The fourth-order valence-corrected chi connectivity index (χ4v) is 2.92. The maximum atomic E-state index is 13.7. The van der Waals surface area contributed by atoms with Gasteiger partial charge in [-0.1, -0.05) is 6.07 Å². The number of hydrogen-bond donors (Lipinski definition) is 1. The van der Waals surface area contributed by atoms with Gasteiger partial charge in [0.1, 0.15) is 0 Å². The third-order valence-corrected chi connectivity index (χ3v) is 4.52. The fourth-order valence-electron chi connectivity index (χ4n) is 2.92. The first-order chi connectivity index (χ1) is 10.1. The van der Waals surface area contributed by atoms with Crippen molar-refractivity contribution in [2.45, 2.75) is 32.2 Å². The van der Waals surface area contributed by atoms with Gasteiger partial charge in [0, 0.05) is 6.04 Å². The Labute approximate surface area is 127 Å². The van der Waals surface area contributed by atoms with Crippen molar-refractivity contribution in [3.63, 3.8) is 0 Å². The maximum Gasteiger partial charge on any atom is 0.165 e. The summed E-state index contributed by atoms with van der Waals surface area (Å²) in [5, 5.41) is 3.50. The Hall–Kier alpha value is -1.13. The molecule has 3 nitrogen and oxygen atoms in total. The molecule has 0 spiro atoms. The smallest absolute Gasteiger partial charge is 0.165 e. The number of hydrogen-bond acceptors (Lipinski definition) is 3. The Kier molecular flexibility index (Phi) is 6.00. The number of rotatable bonds is 6. The molecule has 21 heavy (non-hydrogen) atoms. The number of likely N-dealkylation sites (tertiary alicyclic amines) is 1. The zero-order chi connectivity index (χ0) is 15.2. The van der Waals surface area contributed by atoms with E-state index in [0.29, 0.717) is 5.75 Å². The molecule has 2 rings (SSSR count). The second-order valence-electron chi connectivity index (χ2n) is 6.11. The SMILES string of the molecule is COc1ccc(C(C)NCCC2CCN(C)CC2)cc1F. The van der Waals surface area contributed by atoms with Crippen molar-refractivity contribution in [2.24, 2.45) is 5.92 Å². The molecule has 1 fully saturated rings. The first-order valence-electron chi connectivity index (χ1n) is 7.85. The van der Waals surface area contributed by atoms with Crippen LogP contribution >= 0.6 is 0 Å². The summed E-state index contributed by atoms with van der Waals surface area (Å²) in [4.78, 5) is 2.40. The summed E-state index contributed by atoms with van der Waals surface area (Å²) in [7, 11) is 3.68. The monoisotopic (exact) mass is 294 g/mol. The van der Waals surface area contributed by atoms with Gasteiger partial charge in [-0.15, -0.1) is 0 Å². The maximum absolute atomic E-state index is 13.7. The van der Waals surface area contributed by atoms with Gasteiger partial charge in [0.2, 0.25) is 0 Å². The summed E-state index contributed by atoms with van der Waals surface area (Å²) in [5.74, 6) is 0.838. The van der Waals surface area contributed by atoms with Gasteiger partial charge in [0.15, 0.2) is 11.6 Å². The Morgan fingerprint density at radius 3 is 2.71 bits per heavy atom. The molecule has 1 saturated heterocycles. The van der Waals surface area contributed by atoms with Crippen LogP contribution < -0.4 is 10.1 Å². The van der Waals surface area contributed by atoms with Crippen LogP contribution in [-0.2, 0) is 0 Å². The highest BCUT2D eigenvalue weighted by atomic mass is 19.1. The number of ether oxygens (including phenoxy) is 1. The van der Waals surface area contributed by atoms with Crippen LogP contribution in [0.1, 0.15) is 37.8 Å². The van der Waals surface area contributed by atoms with E-state index < -0.39 is 0 Å². The average molecular weight is 294 g/mol. The average Bonchev–Trinajstić information content (AvgIpc) is 2.49. The van der Waals surface area contributed by atoms with E-state index >= 15 is 0 Å².